The van der Waals surface area contributed by atoms with Gasteiger partial charge in [0.1, 0.15) is 28.6 Å². The van der Waals surface area contributed by atoms with Gasteiger partial charge >= 0.3 is 5.63 Å². The zero-order chi connectivity index (χ0) is 19.9. The van der Waals surface area contributed by atoms with Crippen molar-refractivity contribution in [3.8, 4) is 34.1 Å². The molecule has 0 spiro atoms. The number of rotatable bonds is 4. The first-order valence-electron chi connectivity index (χ1n) is 8.24. The number of phenols is 3. The van der Waals surface area contributed by atoms with Crippen molar-refractivity contribution in [3.63, 3.8) is 0 Å². The molecule has 2 aromatic carbocycles. The van der Waals surface area contributed by atoms with Crippen LogP contribution in [0.1, 0.15) is 19.4 Å². The molecule has 0 aliphatic heterocycles. The van der Waals surface area contributed by atoms with E-state index < -0.39 is 11.0 Å². The molecule has 0 unspecified atom stereocenters. The number of allylic oxidation sites excluding steroid dienone is 1. The smallest absolute Gasteiger partial charge is 0.344 e. The number of aromatic hydroxyl groups is 3. The average Bonchev–Trinajstić information content (AvgIpc) is 2.60. The summed E-state index contributed by atoms with van der Waals surface area (Å²) < 4.78 is 10.9. The topological polar surface area (TPSA) is 100 Å². The fourth-order valence-corrected chi connectivity index (χ4v) is 3.06. The molecular weight excluding hydrogens is 348 g/mol. The standard InChI is InChI=1S/C21H20O6/c1-5-21(2,3)18-16(24)10-17(26-4)14-9-13(20(25)27-19(14)18)12-7-6-11(22)8-15(12)23/h5-10,22-24H,1H2,2-4H3. The third-order valence-electron chi connectivity index (χ3n) is 4.61. The number of phenolic OH excluding ortho intramolecular Hbond substituents is 3. The highest BCUT2D eigenvalue weighted by Gasteiger charge is 2.28. The van der Waals surface area contributed by atoms with Gasteiger partial charge in [-0.05, 0) is 18.2 Å². The van der Waals surface area contributed by atoms with Crippen LogP contribution in [0, 0.1) is 0 Å². The zero-order valence-electron chi connectivity index (χ0n) is 15.2. The first-order chi connectivity index (χ1) is 12.7. The summed E-state index contributed by atoms with van der Waals surface area (Å²) in [5.74, 6) is -0.146. The van der Waals surface area contributed by atoms with Crippen LogP contribution in [0.5, 0.6) is 23.0 Å². The van der Waals surface area contributed by atoms with Gasteiger partial charge in [-0.1, -0.05) is 19.9 Å². The van der Waals surface area contributed by atoms with Crippen molar-refractivity contribution in [2.75, 3.05) is 7.11 Å². The maximum absolute atomic E-state index is 12.7. The number of ether oxygens (including phenoxy) is 1. The van der Waals surface area contributed by atoms with Gasteiger partial charge in [-0.3, -0.25) is 0 Å². The number of benzene rings is 2. The van der Waals surface area contributed by atoms with E-state index in [0.717, 1.165) is 6.07 Å². The van der Waals surface area contributed by atoms with Crippen LogP contribution < -0.4 is 10.4 Å². The van der Waals surface area contributed by atoms with Crippen molar-refractivity contribution in [2.24, 2.45) is 0 Å². The lowest BCUT2D eigenvalue weighted by molar-refractivity contribution is 0.406. The molecule has 27 heavy (non-hydrogen) atoms. The monoisotopic (exact) mass is 368 g/mol. The molecule has 0 saturated carbocycles. The number of hydrogen-bond acceptors (Lipinski definition) is 6. The Hall–Kier alpha value is -3.41. The molecule has 0 saturated heterocycles. The summed E-state index contributed by atoms with van der Waals surface area (Å²) in [6.45, 7) is 7.46. The van der Waals surface area contributed by atoms with Crippen molar-refractivity contribution in [1.82, 2.24) is 0 Å². The Morgan fingerprint density at radius 1 is 1.07 bits per heavy atom. The second kappa shape index (κ2) is 6.39. The third kappa shape index (κ3) is 2.99. The fraction of sp³-hybridized carbons (Fsp3) is 0.190. The number of methoxy groups -OCH3 is 1. The first kappa shape index (κ1) is 18.4. The molecule has 3 rings (SSSR count). The molecule has 0 atom stereocenters. The number of fused-ring (bicyclic) bond motifs is 1. The molecule has 1 heterocycles. The van der Waals surface area contributed by atoms with Crippen LogP contribution in [0.2, 0.25) is 0 Å². The second-order valence-electron chi connectivity index (χ2n) is 6.79. The SMILES string of the molecule is C=CC(C)(C)c1c(O)cc(OC)c2cc(-c3ccc(O)cc3O)c(=O)oc12. The quantitative estimate of drug-likeness (QED) is 0.474. The normalized spacial score (nSPS) is 11.5. The van der Waals surface area contributed by atoms with E-state index in [1.54, 1.807) is 6.08 Å². The summed E-state index contributed by atoms with van der Waals surface area (Å²) in [5, 5.41) is 30.5. The van der Waals surface area contributed by atoms with Crippen LogP contribution in [-0.4, -0.2) is 22.4 Å². The molecule has 1 aromatic heterocycles. The molecule has 3 aromatic rings. The van der Waals surface area contributed by atoms with E-state index >= 15 is 0 Å². The van der Waals surface area contributed by atoms with Crippen LogP contribution in [-0.2, 0) is 5.41 Å². The van der Waals surface area contributed by atoms with Crippen molar-refractivity contribution >= 4 is 11.0 Å². The highest BCUT2D eigenvalue weighted by atomic mass is 16.5. The van der Waals surface area contributed by atoms with E-state index in [9.17, 15) is 20.1 Å². The predicted molar refractivity (Wildman–Crippen MR) is 103 cm³/mol. The van der Waals surface area contributed by atoms with Crippen LogP contribution in [0.3, 0.4) is 0 Å². The minimum absolute atomic E-state index is 0.0763. The molecular formula is C21H20O6. The summed E-state index contributed by atoms with van der Waals surface area (Å²) in [7, 11) is 1.44. The van der Waals surface area contributed by atoms with E-state index in [2.05, 4.69) is 6.58 Å². The Morgan fingerprint density at radius 3 is 2.37 bits per heavy atom. The lowest BCUT2D eigenvalue weighted by atomic mass is 9.82. The Labute approximate surface area is 155 Å². The van der Waals surface area contributed by atoms with Gasteiger partial charge in [0.15, 0.2) is 0 Å². The van der Waals surface area contributed by atoms with Crippen LogP contribution in [0.25, 0.3) is 22.1 Å². The van der Waals surface area contributed by atoms with Crippen LogP contribution in [0.4, 0.5) is 0 Å². The van der Waals surface area contributed by atoms with Gasteiger partial charge < -0.3 is 24.5 Å². The maximum atomic E-state index is 12.7. The molecule has 6 nitrogen and oxygen atoms in total. The number of hydrogen-bond donors (Lipinski definition) is 3. The molecule has 0 amide bonds. The Bertz CT molecular complexity index is 1110. The van der Waals surface area contributed by atoms with Gasteiger partial charge in [-0.15, -0.1) is 6.58 Å². The summed E-state index contributed by atoms with van der Waals surface area (Å²) in [6, 6.07) is 6.90. The second-order valence-corrected chi connectivity index (χ2v) is 6.79. The zero-order valence-corrected chi connectivity index (χ0v) is 15.2. The highest BCUT2D eigenvalue weighted by Crippen LogP contribution is 2.43. The lowest BCUT2D eigenvalue weighted by Crippen LogP contribution is -2.15. The molecule has 0 bridgehead atoms. The molecule has 3 N–H and O–H groups in total. The summed E-state index contributed by atoms with van der Waals surface area (Å²) in [5.41, 5.74) is -0.463. The maximum Gasteiger partial charge on any atom is 0.344 e. The van der Waals surface area contributed by atoms with Crippen LogP contribution in [0.15, 0.2) is 52.2 Å². The summed E-state index contributed by atoms with van der Waals surface area (Å²) in [4.78, 5) is 12.7. The molecule has 0 fully saturated rings. The first-order valence-corrected chi connectivity index (χ1v) is 8.24. The van der Waals surface area contributed by atoms with E-state index in [1.807, 2.05) is 13.8 Å². The van der Waals surface area contributed by atoms with Crippen molar-refractivity contribution in [3.05, 3.63) is 59.0 Å². The van der Waals surface area contributed by atoms with E-state index in [1.165, 1.54) is 31.4 Å². The molecule has 0 aliphatic rings. The largest absolute Gasteiger partial charge is 0.508 e. The molecule has 0 aliphatic carbocycles. The highest BCUT2D eigenvalue weighted by molar-refractivity contribution is 5.92. The van der Waals surface area contributed by atoms with Gasteiger partial charge in [0.2, 0.25) is 0 Å². The molecule has 6 heteroatoms. The van der Waals surface area contributed by atoms with E-state index in [-0.39, 0.29) is 34.0 Å². The van der Waals surface area contributed by atoms with Crippen LogP contribution >= 0.6 is 0 Å². The van der Waals surface area contributed by atoms with Gasteiger partial charge in [0, 0.05) is 28.7 Å². The minimum atomic E-state index is -0.697. The van der Waals surface area contributed by atoms with E-state index in [0.29, 0.717) is 16.7 Å². The fourth-order valence-electron chi connectivity index (χ4n) is 3.06. The predicted octanol–water partition coefficient (Wildman–Crippen LogP) is 4.05. The van der Waals surface area contributed by atoms with Gasteiger partial charge in [0.05, 0.1) is 18.1 Å². The minimum Gasteiger partial charge on any atom is -0.508 e. The lowest BCUT2D eigenvalue weighted by Gasteiger charge is -2.23. The van der Waals surface area contributed by atoms with Crippen molar-refractivity contribution in [1.29, 1.82) is 0 Å². The molecule has 0 radical (unpaired) electrons. The Kier molecular flexibility index (Phi) is 4.35. The van der Waals surface area contributed by atoms with Gasteiger partial charge in [-0.2, -0.15) is 0 Å². The molecule has 140 valence electrons. The summed E-state index contributed by atoms with van der Waals surface area (Å²) >= 11 is 0. The van der Waals surface area contributed by atoms with Crippen molar-refractivity contribution in [2.45, 2.75) is 19.3 Å². The van der Waals surface area contributed by atoms with Gasteiger partial charge in [-0.25, -0.2) is 4.79 Å². The summed E-state index contributed by atoms with van der Waals surface area (Å²) in [6.07, 6.45) is 1.65. The third-order valence-corrected chi connectivity index (χ3v) is 4.61. The Morgan fingerprint density at radius 2 is 1.78 bits per heavy atom. The average molecular weight is 368 g/mol. The Balaban J connectivity index is 2.43. The van der Waals surface area contributed by atoms with Gasteiger partial charge in [0.25, 0.3) is 0 Å². The van der Waals surface area contributed by atoms with Crippen molar-refractivity contribution < 1.29 is 24.5 Å². The van der Waals surface area contributed by atoms with E-state index in [4.69, 9.17) is 9.15 Å².